The highest BCUT2D eigenvalue weighted by Gasteiger charge is 2.38. The third-order valence-electron chi connectivity index (χ3n) is 4.58. The number of pyridine rings is 1. The standard InChI is InChI=1S/C16H19ClN4O/c1-10-13(7-18)15(19-11(2)14(10)17)21-8-12(9-21)16(22)20-5-3-4-6-20/h12H,3-6,8-9H2,1-2H3. The Bertz CT molecular complexity index is 655. The first-order valence-corrected chi connectivity index (χ1v) is 8.01. The molecule has 22 heavy (non-hydrogen) atoms. The Labute approximate surface area is 135 Å². The van der Waals surface area contributed by atoms with E-state index in [9.17, 15) is 10.1 Å². The van der Waals surface area contributed by atoms with Crippen LogP contribution in [0.1, 0.15) is 29.7 Å². The van der Waals surface area contributed by atoms with Gasteiger partial charge in [-0.15, -0.1) is 0 Å². The molecule has 1 amide bonds. The minimum Gasteiger partial charge on any atom is -0.354 e. The summed E-state index contributed by atoms with van der Waals surface area (Å²) in [6.07, 6.45) is 2.22. The molecule has 2 saturated heterocycles. The van der Waals surface area contributed by atoms with Crippen LogP contribution >= 0.6 is 11.6 Å². The van der Waals surface area contributed by atoms with Gasteiger partial charge in [0.25, 0.3) is 0 Å². The van der Waals surface area contributed by atoms with E-state index < -0.39 is 0 Å². The summed E-state index contributed by atoms with van der Waals surface area (Å²) in [7, 11) is 0. The summed E-state index contributed by atoms with van der Waals surface area (Å²) in [6, 6.07) is 2.20. The van der Waals surface area contributed by atoms with Crippen molar-refractivity contribution < 1.29 is 4.79 Å². The molecule has 0 atom stereocenters. The van der Waals surface area contributed by atoms with Crippen LogP contribution in [0.2, 0.25) is 5.02 Å². The first kappa shape index (κ1) is 15.1. The minimum absolute atomic E-state index is 0.0303. The first-order chi connectivity index (χ1) is 10.5. The summed E-state index contributed by atoms with van der Waals surface area (Å²) in [6.45, 7) is 6.72. The van der Waals surface area contributed by atoms with Gasteiger partial charge in [-0.1, -0.05) is 11.6 Å². The lowest BCUT2D eigenvalue weighted by Gasteiger charge is -2.41. The molecule has 0 aromatic carbocycles. The molecule has 0 saturated carbocycles. The van der Waals surface area contributed by atoms with E-state index in [1.54, 1.807) is 0 Å². The highest BCUT2D eigenvalue weighted by atomic mass is 35.5. The van der Waals surface area contributed by atoms with Crippen molar-refractivity contribution in [2.24, 2.45) is 5.92 Å². The molecule has 0 radical (unpaired) electrons. The van der Waals surface area contributed by atoms with Crippen LogP contribution in [0.5, 0.6) is 0 Å². The molecule has 1 aromatic heterocycles. The highest BCUT2D eigenvalue weighted by molar-refractivity contribution is 6.32. The normalized spacial score (nSPS) is 18.3. The van der Waals surface area contributed by atoms with Gasteiger partial charge in [0.15, 0.2) is 0 Å². The molecule has 0 N–H and O–H groups in total. The average Bonchev–Trinajstić information content (AvgIpc) is 2.97. The topological polar surface area (TPSA) is 60.2 Å². The summed E-state index contributed by atoms with van der Waals surface area (Å²) in [5, 5.41) is 9.93. The zero-order valence-electron chi connectivity index (χ0n) is 12.9. The molecule has 3 rings (SSSR count). The summed E-state index contributed by atoms with van der Waals surface area (Å²) in [5.41, 5.74) is 2.01. The predicted octanol–water partition coefficient (Wildman–Crippen LogP) is 2.28. The van der Waals surface area contributed by atoms with Crippen LogP contribution in [-0.4, -0.2) is 42.0 Å². The first-order valence-electron chi connectivity index (χ1n) is 7.63. The fourth-order valence-electron chi connectivity index (χ4n) is 3.18. The number of likely N-dealkylation sites (tertiary alicyclic amines) is 1. The maximum Gasteiger partial charge on any atom is 0.229 e. The third kappa shape index (κ3) is 2.42. The molecule has 0 unspecified atom stereocenters. The van der Waals surface area contributed by atoms with Gasteiger partial charge in [0, 0.05) is 26.2 Å². The molecule has 0 bridgehead atoms. The Morgan fingerprint density at radius 3 is 2.55 bits per heavy atom. The maximum absolute atomic E-state index is 12.3. The number of aryl methyl sites for hydroxylation is 1. The van der Waals surface area contributed by atoms with E-state index in [0.29, 0.717) is 29.5 Å². The number of carbonyl (C=O) groups is 1. The molecule has 1 aromatic rings. The van der Waals surface area contributed by atoms with Gasteiger partial charge in [0.1, 0.15) is 11.9 Å². The highest BCUT2D eigenvalue weighted by Crippen LogP contribution is 2.33. The van der Waals surface area contributed by atoms with E-state index in [1.165, 1.54) is 0 Å². The van der Waals surface area contributed by atoms with Crippen molar-refractivity contribution in [2.45, 2.75) is 26.7 Å². The van der Waals surface area contributed by atoms with Crippen molar-refractivity contribution in [3.63, 3.8) is 0 Å². The van der Waals surface area contributed by atoms with E-state index in [4.69, 9.17) is 11.6 Å². The van der Waals surface area contributed by atoms with Crippen LogP contribution in [0.25, 0.3) is 0 Å². The van der Waals surface area contributed by atoms with Crippen LogP contribution in [-0.2, 0) is 4.79 Å². The van der Waals surface area contributed by atoms with E-state index in [2.05, 4.69) is 11.1 Å². The van der Waals surface area contributed by atoms with Crippen molar-refractivity contribution in [2.75, 3.05) is 31.1 Å². The minimum atomic E-state index is 0.0303. The number of anilines is 1. The number of amides is 1. The Morgan fingerprint density at radius 1 is 1.32 bits per heavy atom. The van der Waals surface area contributed by atoms with Gasteiger partial charge < -0.3 is 9.80 Å². The fraction of sp³-hybridized carbons (Fsp3) is 0.562. The summed E-state index contributed by atoms with van der Waals surface area (Å²) in [4.78, 5) is 20.8. The van der Waals surface area contributed by atoms with E-state index in [-0.39, 0.29) is 11.8 Å². The number of carbonyl (C=O) groups excluding carboxylic acids is 1. The fourth-order valence-corrected chi connectivity index (χ4v) is 3.32. The Morgan fingerprint density at radius 2 is 1.95 bits per heavy atom. The van der Waals surface area contributed by atoms with Gasteiger partial charge in [0.2, 0.25) is 5.91 Å². The van der Waals surface area contributed by atoms with Crippen LogP contribution in [0.4, 0.5) is 5.82 Å². The van der Waals surface area contributed by atoms with E-state index in [1.807, 2.05) is 23.6 Å². The molecule has 3 heterocycles. The lowest BCUT2D eigenvalue weighted by molar-refractivity contribution is -0.135. The van der Waals surface area contributed by atoms with Gasteiger partial charge in [-0.3, -0.25) is 4.79 Å². The zero-order valence-corrected chi connectivity index (χ0v) is 13.7. The number of hydrogen-bond acceptors (Lipinski definition) is 4. The van der Waals surface area contributed by atoms with E-state index >= 15 is 0 Å². The predicted molar refractivity (Wildman–Crippen MR) is 85.0 cm³/mol. The van der Waals surface area contributed by atoms with Crippen molar-refractivity contribution in [3.8, 4) is 6.07 Å². The molecule has 0 aliphatic carbocycles. The number of nitriles is 1. The van der Waals surface area contributed by atoms with Crippen molar-refractivity contribution in [3.05, 3.63) is 21.8 Å². The molecular weight excluding hydrogens is 300 g/mol. The van der Waals surface area contributed by atoms with Crippen LogP contribution in [0.15, 0.2) is 0 Å². The molecule has 2 fully saturated rings. The number of nitrogens with zero attached hydrogens (tertiary/aromatic N) is 4. The van der Waals surface area contributed by atoms with Gasteiger partial charge in [-0.05, 0) is 32.3 Å². The summed E-state index contributed by atoms with van der Waals surface area (Å²) < 4.78 is 0. The van der Waals surface area contributed by atoms with Gasteiger partial charge >= 0.3 is 0 Å². The Hall–Kier alpha value is -1.80. The number of aromatic nitrogens is 1. The largest absolute Gasteiger partial charge is 0.354 e. The zero-order chi connectivity index (χ0) is 15.9. The molecule has 2 aliphatic heterocycles. The second-order valence-electron chi connectivity index (χ2n) is 6.08. The molecule has 6 heteroatoms. The second-order valence-corrected chi connectivity index (χ2v) is 6.46. The molecule has 0 spiro atoms. The Kier molecular flexibility index (Phi) is 3.96. The third-order valence-corrected chi connectivity index (χ3v) is 5.14. The Balaban J connectivity index is 1.75. The van der Waals surface area contributed by atoms with Gasteiger partial charge in [0.05, 0.1) is 22.2 Å². The number of halogens is 1. The van der Waals surface area contributed by atoms with Gasteiger partial charge in [-0.2, -0.15) is 5.26 Å². The van der Waals surface area contributed by atoms with Crippen molar-refractivity contribution in [1.82, 2.24) is 9.88 Å². The van der Waals surface area contributed by atoms with Crippen LogP contribution < -0.4 is 4.90 Å². The van der Waals surface area contributed by atoms with Crippen LogP contribution in [0, 0.1) is 31.1 Å². The van der Waals surface area contributed by atoms with Crippen LogP contribution in [0.3, 0.4) is 0 Å². The maximum atomic E-state index is 12.3. The second kappa shape index (κ2) is 5.77. The lowest BCUT2D eigenvalue weighted by atomic mass is 9.97. The molecule has 2 aliphatic rings. The SMILES string of the molecule is Cc1nc(N2CC(C(=O)N3CCCC3)C2)c(C#N)c(C)c1Cl. The summed E-state index contributed by atoms with van der Waals surface area (Å²) in [5.74, 6) is 0.935. The van der Waals surface area contributed by atoms with Gasteiger partial charge in [-0.25, -0.2) is 4.98 Å². The van der Waals surface area contributed by atoms with E-state index in [0.717, 1.165) is 37.2 Å². The summed E-state index contributed by atoms with van der Waals surface area (Å²) >= 11 is 6.17. The molecule has 5 nitrogen and oxygen atoms in total. The monoisotopic (exact) mass is 318 g/mol. The molecule has 116 valence electrons. The lowest BCUT2D eigenvalue weighted by Crippen LogP contribution is -2.54. The van der Waals surface area contributed by atoms with Crippen molar-refractivity contribution >= 4 is 23.3 Å². The number of rotatable bonds is 2. The smallest absolute Gasteiger partial charge is 0.229 e. The van der Waals surface area contributed by atoms with Crippen molar-refractivity contribution in [1.29, 1.82) is 5.26 Å². The average molecular weight is 319 g/mol. The quantitative estimate of drug-likeness (QED) is 0.839. The number of hydrogen-bond donors (Lipinski definition) is 0. The molecular formula is C16H19ClN4O.